The Hall–Kier alpha value is -2.73. The van der Waals surface area contributed by atoms with Crippen LogP contribution in [0.25, 0.3) is 11.1 Å². The molecule has 0 aliphatic rings. The van der Waals surface area contributed by atoms with E-state index in [1.165, 1.54) is 4.57 Å². The molecule has 0 radical (unpaired) electrons. The lowest BCUT2D eigenvalue weighted by Crippen LogP contribution is -2.19. The standard InChI is InChI=1S/C16H14ClN3O3/c1-9-3-4-10(7-12(9)17)18-15(21)19-11-5-6-13-14(8-11)23-16(22)20(13)2/h3-8H,1-2H3,(H2,18,19,21). The number of oxazole rings is 1. The van der Waals surface area contributed by atoms with E-state index in [0.717, 1.165) is 5.56 Å². The fourth-order valence-corrected chi connectivity index (χ4v) is 2.36. The van der Waals surface area contributed by atoms with Crippen molar-refractivity contribution < 1.29 is 9.21 Å². The molecule has 2 N–H and O–H groups in total. The van der Waals surface area contributed by atoms with E-state index in [1.807, 2.05) is 13.0 Å². The van der Waals surface area contributed by atoms with Gasteiger partial charge in [0, 0.05) is 29.5 Å². The van der Waals surface area contributed by atoms with Gasteiger partial charge in [-0.05, 0) is 36.8 Å². The van der Waals surface area contributed by atoms with Crippen molar-refractivity contribution in [2.24, 2.45) is 7.05 Å². The first-order valence-corrected chi connectivity index (χ1v) is 7.25. The summed E-state index contributed by atoms with van der Waals surface area (Å²) in [5, 5.41) is 5.95. The van der Waals surface area contributed by atoms with Crippen LogP contribution in [0, 0.1) is 6.92 Å². The molecule has 118 valence electrons. The minimum atomic E-state index is -0.448. The Morgan fingerprint density at radius 3 is 2.48 bits per heavy atom. The van der Waals surface area contributed by atoms with Crippen LogP contribution < -0.4 is 16.4 Å². The fraction of sp³-hybridized carbons (Fsp3) is 0.125. The van der Waals surface area contributed by atoms with Crippen molar-refractivity contribution in [3.05, 3.63) is 57.5 Å². The van der Waals surface area contributed by atoms with Crippen molar-refractivity contribution in [1.82, 2.24) is 4.57 Å². The van der Waals surface area contributed by atoms with Crippen molar-refractivity contribution >= 4 is 40.1 Å². The molecule has 1 aromatic heterocycles. The van der Waals surface area contributed by atoms with Gasteiger partial charge in [-0.3, -0.25) is 4.57 Å². The molecule has 0 aliphatic heterocycles. The highest BCUT2D eigenvalue weighted by Gasteiger charge is 2.09. The van der Waals surface area contributed by atoms with Crippen LogP contribution in [0.1, 0.15) is 5.56 Å². The molecule has 3 aromatic rings. The molecular formula is C16H14ClN3O3. The molecule has 0 saturated heterocycles. The van der Waals surface area contributed by atoms with Crippen molar-refractivity contribution in [3.63, 3.8) is 0 Å². The van der Waals surface area contributed by atoms with Gasteiger partial charge in [0.15, 0.2) is 5.58 Å². The molecule has 0 atom stereocenters. The largest absolute Gasteiger partial charge is 0.419 e. The molecule has 3 rings (SSSR count). The second-order valence-electron chi connectivity index (χ2n) is 5.15. The van der Waals surface area contributed by atoms with Crippen LogP contribution >= 0.6 is 11.6 Å². The first-order valence-electron chi connectivity index (χ1n) is 6.88. The summed E-state index contributed by atoms with van der Waals surface area (Å²) in [4.78, 5) is 23.5. The number of nitrogens with one attached hydrogen (secondary N) is 2. The smallest absolute Gasteiger partial charge is 0.408 e. The Morgan fingerprint density at radius 1 is 1.13 bits per heavy atom. The van der Waals surface area contributed by atoms with E-state index in [9.17, 15) is 9.59 Å². The molecule has 7 heteroatoms. The highest BCUT2D eigenvalue weighted by molar-refractivity contribution is 6.31. The number of urea groups is 1. The molecule has 0 aliphatic carbocycles. The zero-order chi connectivity index (χ0) is 16.6. The van der Waals surface area contributed by atoms with E-state index in [0.29, 0.717) is 27.5 Å². The summed E-state index contributed by atoms with van der Waals surface area (Å²) >= 11 is 6.02. The third kappa shape index (κ3) is 3.07. The maximum absolute atomic E-state index is 12.0. The number of rotatable bonds is 2. The number of benzene rings is 2. The molecule has 0 saturated carbocycles. The zero-order valence-electron chi connectivity index (χ0n) is 12.5. The van der Waals surface area contributed by atoms with E-state index in [2.05, 4.69) is 10.6 Å². The summed E-state index contributed by atoms with van der Waals surface area (Å²) in [6.07, 6.45) is 0. The molecule has 0 bridgehead atoms. The molecule has 0 spiro atoms. The lowest BCUT2D eigenvalue weighted by Gasteiger charge is -2.08. The summed E-state index contributed by atoms with van der Waals surface area (Å²) < 4.78 is 6.48. The Kier molecular flexibility index (Phi) is 3.83. The van der Waals surface area contributed by atoms with Gasteiger partial charge in [0.25, 0.3) is 0 Å². The normalized spacial score (nSPS) is 10.7. The van der Waals surface area contributed by atoms with Crippen LogP contribution in [-0.4, -0.2) is 10.6 Å². The minimum absolute atomic E-state index is 0.411. The van der Waals surface area contributed by atoms with Gasteiger partial charge in [-0.1, -0.05) is 17.7 Å². The highest BCUT2D eigenvalue weighted by Crippen LogP contribution is 2.21. The van der Waals surface area contributed by atoms with Crippen LogP contribution in [0.3, 0.4) is 0 Å². The molecular weight excluding hydrogens is 318 g/mol. The summed E-state index contributed by atoms with van der Waals surface area (Å²) in [6.45, 7) is 1.88. The van der Waals surface area contributed by atoms with Crippen molar-refractivity contribution in [2.75, 3.05) is 10.6 Å². The molecule has 23 heavy (non-hydrogen) atoms. The third-order valence-electron chi connectivity index (χ3n) is 3.48. The first-order chi connectivity index (χ1) is 10.9. The van der Waals surface area contributed by atoms with Gasteiger partial charge in [-0.2, -0.15) is 0 Å². The number of amides is 2. The number of hydrogen-bond acceptors (Lipinski definition) is 3. The van der Waals surface area contributed by atoms with Crippen LogP contribution in [0.4, 0.5) is 16.2 Å². The van der Waals surface area contributed by atoms with E-state index in [1.54, 1.807) is 37.4 Å². The number of aryl methyl sites for hydroxylation is 2. The Labute approximate surface area is 136 Å². The van der Waals surface area contributed by atoms with Crippen molar-refractivity contribution in [3.8, 4) is 0 Å². The maximum atomic E-state index is 12.0. The van der Waals surface area contributed by atoms with Crippen LogP contribution in [0.15, 0.2) is 45.6 Å². The van der Waals surface area contributed by atoms with Crippen LogP contribution in [0.5, 0.6) is 0 Å². The Bertz CT molecular complexity index is 959. The van der Waals surface area contributed by atoms with Crippen molar-refractivity contribution in [1.29, 1.82) is 0 Å². The van der Waals surface area contributed by atoms with Gasteiger partial charge in [-0.15, -0.1) is 0 Å². The van der Waals surface area contributed by atoms with Crippen molar-refractivity contribution in [2.45, 2.75) is 6.92 Å². The van der Waals surface area contributed by atoms with Crippen LogP contribution in [-0.2, 0) is 7.05 Å². The maximum Gasteiger partial charge on any atom is 0.419 e. The van der Waals surface area contributed by atoms with Gasteiger partial charge in [-0.25, -0.2) is 9.59 Å². The van der Waals surface area contributed by atoms with Gasteiger partial charge in [0.2, 0.25) is 0 Å². The quantitative estimate of drug-likeness (QED) is 0.751. The monoisotopic (exact) mass is 331 g/mol. The van der Waals surface area contributed by atoms with E-state index < -0.39 is 11.8 Å². The van der Waals surface area contributed by atoms with E-state index in [4.69, 9.17) is 16.0 Å². The second kappa shape index (κ2) is 5.81. The Balaban J connectivity index is 1.77. The predicted molar refractivity (Wildman–Crippen MR) is 90.3 cm³/mol. The SMILES string of the molecule is Cc1ccc(NC(=O)Nc2ccc3c(c2)oc(=O)n3C)cc1Cl. The van der Waals surface area contributed by atoms with Gasteiger partial charge >= 0.3 is 11.8 Å². The molecule has 2 aromatic carbocycles. The summed E-state index contributed by atoms with van der Waals surface area (Å²) in [5.41, 5.74) is 3.11. The lowest BCUT2D eigenvalue weighted by atomic mass is 10.2. The number of carbonyl (C=O) groups is 1. The fourth-order valence-electron chi connectivity index (χ4n) is 2.18. The van der Waals surface area contributed by atoms with Gasteiger partial charge < -0.3 is 15.1 Å². The number of fused-ring (bicyclic) bond motifs is 1. The molecule has 6 nitrogen and oxygen atoms in total. The lowest BCUT2D eigenvalue weighted by molar-refractivity contribution is 0.262. The molecule has 0 unspecified atom stereocenters. The van der Waals surface area contributed by atoms with E-state index >= 15 is 0 Å². The number of hydrogen-bond donors (Lipinski definition) is 2. The molecule has 1 heterocycles. The van der Waals surface area contributed by atoms with Gasteiger partial charge in [0.05, 0.1) is 5.52 Å². The molecule has 2 amide bonds. The van der Waals surface area contributed by atoms with Gasteiger partial charge in [0.1, 0.15) is 0 Å². The summed E-state index contributed by atoms with van der Waals surface area (Å²) in [6, 6.07) is 9.84. The summed E-state index contributed by atoms with van der Waals surface area (Å²) in [5.74, 6) is -0.448. The molecule has 0 fully saturated rings. The Morgan fingerprint density at radius 2 is 1.78 bits per heavy atom. The number of nitrogens with zero attached hydrogens (tertiary/aromatic N) is 1. The number of carbonyl (C=O) groups excluding carboxylic acids is 1. The highest BCUT2D eigenvalue weighted by atomic mass is 35.5. The zero-order valence-corrected chi connectivity index (χ0v) is 13.3. The van der Waals surface area contributed by atoms with Crippen LogP contribution in [0.2, 0.25) is 5.02 Å². The predicted octanol–water partition coefficient (Wildman–Crippen LogP) is 3.74. The third-order valence-corrected chi connectivity index (χ3v) is 3.89. The van der Waals surface area contributed by atoms with E-state index in [-0.39, 0.29) is 0 Å². The topological polar surface area (TPSA) is 76.3 Å². The summed E-state index contributed by atoms with van der Waals surface area (Å²) in [7, 11) is 1.62. The second-order valence-corrected chi connectivity index (χ2v) is 5.56. The number of halogens is 1. The number of aromatic nitrogens is 1. The minimum Gasteiger partial charge on any atom is -0.408 e. The number of anilines is 2. The first kappa shape index (κ1) is 15.2. The average molecular weight is 332 g/mol. The average Bonchev–Trinajstić information content (AvgIpc) is 2.77.